The van der Waals surface area contributed by atoms with Gasteiger partial charge in [-0.2, -0.15) is 0 Å². The number of nitrogens with zero attached hydrogens (tertiary/aromatic N) is 1. The van der Waals surface area contributed by atoms with E-state index in [0.29, 0.717) is 10.9 Å². The summed E-state index contributed by atoms with van der Waals surface area (Å²) >= 11 is 12.3. The van der Waals surface area contributed by atoms with Gasteiger partial charge in [0.15, 0.2) is 0 Å². The van der Waals surface area contributed by atoms with E-state index in [1.165, 1.54) is 5.56 Å². The van der Waals surface area contributed by atoms with Crippen molar-refractivity contribution in [3.05, 3.63) is 63.4 Å². The number of pyridine rings is 1. The molecule has 0 N–H and O–H groups in total. The second-order valence-electron chi connectivity index (χ2n) is 4.72. The molecule has 0 aliphatic rings. The Bertz CT molecular complexity index is 566. The summed E-state index contributed by atoms with van der Waals surface area (Å²) in [6.07, 6.45) is 3.82. The zero-order valence-electron chi connectivity index (χ0n) is 11.2. The molecule has 0 amide bonds. The van der Waals surface area contributed by atoms with E-state index >= 15 is 0 Å². The Kier molecular flexibility index (Phi) is 4.84. The molecule has 19 heavy (non-hydrogen) atoms. The molecule has 3 heteroatoms. The fraction of sp³-hybridized carbons (Fsp3) is 0.312. The first-order valence-corrected chi connectivity index (χ1v) is 7.22. The molecule has 0 radical (unpaired) electrons. The van der Waals surface area contributed by atoms with Gasteiger partial charge in [-0.1, -0.05) is 42.3 Å². The lowest BCUT2D eigenvalue weighted by Gasteiger charge is -2.18. The number of aryl methyl sites for hydroxylation is 1. The predicted octanol–water partition coefficient (Wildman–Crippen LogP) is 5.43. The summed E-state index contributed by atoms with van der Waals surface area (Å²) < 4.78 is 0. The molecule has 0 saturated carbocycles. The fourth-order valence-corrected chi connectivity index (χ4v) is 2.87. The van der Waals surface area contributed by atoms with Crippen molar-refractivity contribution in [3.8, 4) is 0 Å². The summed E-state index contributed by atoms with van der Waals surface area (Å²) in [5.74, 6) is 0.396. The second kappa shape index (κ2) is 6.40. The zero-order valence-corrected chi connectivity index (χ0v) is 12.7. The lowest BCUT2D eigenvalue weighted by atomic mass is 9.89. The molecule has 0 bridgehead atoms. The number of hydrogen-bond donors (Lipinski definition) is 0. The van der Waals surface area contributed by atoms with Gasteiger partial charge < -0.3 is 0 Å². The van der Waals surface area contributed by atoms with Crippen LogP contribution in [-0.2, 0) is 6.42 Å². The summed E-state index contributed by atoms with van der Waals surface area (Å²) in [4.78, 5) is 4.34. The van der Waals surface area contributed by atoms with Crippen molar-refractivity contribution in [2.24, 2.45) is 0 Å². The van der Waals surface area contributed by atoms with Crippen molar-refractivity contribution < 1.29 is 0 Å². The molecule has 0 spiro atoms. The zero-order chi connectivity index (χ0) is 13.8. The van der Waals surface area contributed by atoms with Crippen LogP contribution in [-0.4, -0.2) is 4.98 Å². The average Bonchev–Trinajstić information content (AvgIpc) is 2.39. The summed E-state index contributed by atoms with van der Waals surface area (Å²) in [6.45, 7) is 4.23. The first kappa shape index (κ1) is 14.4. The van der Waals surface area contributed by atoms with Gasteiger partial charge in [-0.15, -0.1) is 0 Å². The van der Waals surface area contributed by atoms with E-state index in [0.717, 1.165) is 29.1 Å². The molecule has 1 unspecified atom stereocenters. The lowest BCUT2D eigenvalue weighted by molar-refractivity contribution is 0.656. The molecule has 0 saturated heterocycles. The predicted molar refractivity (Wildman–Crippen MR) is 82.2 cm³/mol. The number of aromatic nitrogens is 1. The van der Waals surface area contributed by atoms with Crippen LogP contribution in [0.5, 0.6) is 0 Å². The number of halogens is 2. The number of rotatable bonds is 4. The summed E-state index contributed by atoms with van der Waals surface area (Å²) in [6, 6.07) is 9.87. The third-order valence-corrected chi connectivity index (χ3v) is 4.04. The molecule has 1 heterocycles. The van der Waals surface area contributed by atoms with Crippen LogP contribution in [0, 0.1) is 6.92 Å². The normalized spacial score (nSPS) is 12.4. The minimum Gasteiger partial charge on any atom is -0.261 e. The van der Waals surface area contributed by atoms with Gasteiger partial charge in [0.1, 0.15) is 0 Å². The summed E-state index contributed by atoms with van der Waals surface area (Å²) in [5, 5.41) is 1.43. The minimum absolute atomic E-state index is 0.396. The van der Waals surface area contributed by atoms with Gasteiger partial charge in [0.25, 0.3) is 0 Å². The minimum atomic E-state index is 0.396. The Balaban J connectivity index is 2.28. The number of hydrogen-bond acceptors (Lipinski definition) is 1. The third kappa shape index (κ3) is 3.49. The van der Waals surface area contributed by atoms with Crippen LogP contribution >= 0.6 is 23.2 Å². The van der Waals surface area contributed by atoms with Gasteiger partial charge in [0.05, 0.1) is 0 Å². The number of benzene rings is 1. The van der Waals surface area contributed by atoms with Gasteiger partial charge in [0, 0.05) is 21.9 Å². The largest absolute Gasteiger partial charge is 0.261 e. The van der Waals surface area contributed by atoms with Crippen molar-refractivity contribution in [2.45, 2.75) is 32.6 Å². The highest BCUT2D eigenvalue weighted by Crippen LogP contribution is 2.32. The summed E-state index contributed by atoms with van der Waals surface area (Å²) in [7, 11) is 0. The van der Waals surface area contributed by atoms with Crippen molar-refractivity contribution in [2.75, 3.05) is 0 Å². The molecular formula is C16H17Cl2N. The van der Waals surface area contributed by atoms with Crippen LogP contribution in [0.15, 0.2) is 36.5 Å². The smallest absolute Gasteiger partial charge is 0.0455 e. The van der Waals surface area contributed by atoms with Gasteiger partial charge in [0.2, 0.25) is 0 Å². The molecule has 0 fully saturated rings. The van der Waals surface area contributed by atoms with Crippen molar-refractivity contribution in [1.29, 1.82) is 0 Å². The van der Waals surface area contributed by atoms with Gasteiger partial charge >= 0.3 is 0 Å². The Morgan fingerprint density at radius 3 is 2.63 bits per heavy atom. The first-order valence-electron chi connectivity index (χ1n) is 6.47. The first-order chi connectivity index (χ1) is 9.11. The molecule has 0 aliphatic heterocycles. The van der Waals surface area contributed by atoms with Crippen LogP contribution in [0.1, 0.15) is 36.1 Å². The molecule has 1 aromatic carbocycles. The van der Waals surface area contributed by atoms with E-state index < -0.39 is 0 Å². The molecule has 1 aromatic heterocycles. The van der Waals surface area contributed by atoms with Crippen LogP contribution in [0.3, 0.4) is 0 Å². The molecule has 1 atom stereocenters. The van der Waals surface area contributed by atoms with Crippen molar-refractivity contribution in [1.82, 2.24) is 4.98 Å². The van der Waals surface area contributed by atoms with Crippen LogP contribution < -0.4 is 0 Å². The topological polar surface area (TPSA) is 12.9 Å². The van der Waals surface area contributed by atoms with Crippen LogP contribution in [0.25, 0.3) is 0 Å². The Hall–Kier alpha value is -1.05. The second-order valence-corrected chi connectivity index (χ2v) is 5.57. The van der Waals surface area contributed by atoms with E-state index in [-0.39, 0.29) is 0 Å². The molecule has 100 valence electrons. The van der Waals surface area contributed by atoms with E-state index in [1.54, 1.807) is 0 Å². The van der Waals surface area contributed by atoms with E-state index in [1.807, 2.05) is 37.4 Å². The van der Waals surface area contributed by atoms with E-state index in [9.17, 15) is 0 Å². The highest BCUT2D eigenvalue weighted by molar-refractivity contribution is 6.35. The maximum absolute atomic E-state index is 6.31. The quantitative estimate of drug-likeness (QED) is 0.732. The van der Waals surface area contributed by atoms with E-state index in [4.69, 9.17) is 23.2 Å². The van der Waals surface area contributed by atoms with Crippen LogP contribution in [0.2, 0.25) is 10.0 Å². The molecule has 0 aliphatic carbocycles. The lowest BCUT2D eigenvalue weighted by Crippen LogP contribution is -2.04. The molecule has 2 rings (SSSR count). The molecular weight excluding hydrogens is 277 g/mol. The molecule has 2 aromatic rings. The average molecular weight is 294 g/mol. The van der Waals surface area contributed by atoms with Crippen molar-refractivity contribution >= 4 is 23.2 Å². The fourth-order valence-electron chi connectivity index (χ4n) is 2.31. The van der Waals surface area contributed by atoms with Crippen molar-refractivity contribution in [3.63, 3.8) is 0 Å². The maximum atomic E-state index is 6.31. The standard InChI is InChI=1S/C16H17Cl2N/c1-3-12(9-13-5-4-8-19-11(13)2)15-7-6-14(17)10-16(15)18/h4-8,10,12H,3,9H2,1-2H3. The van der Waals surface area contributed by atoms with Gasteiger partial charge in [-0.05, 0) is 55.0 Å². The monoisotopic (exact) mass is 293 g/mol. The highest BCUT2D eigenvalue weighted by atomic mass is 35.5. The summed E-state index contributed by atoms with van der Waals surface area (Å²) in [5.41, 5.74) is 3.53. The maximum Gasteiger partial charge on any atom is 0.0455 e. The third-order valence-electron chi connectivity index (χ3n) is 3.48. The van der Waals surface area contributed by atoms with E-state index in [2.05, 4.69) is 18.0 Å². The Morgan fingerprint density at radius 2 is 2.00 bits per heavy atom. The Labute approximate surface area is 124 Å². The van der Waals surface area contributed by atoms with Gasteiger partial charge in [-0.25, -0.2) is 0 Å². The highest BCUT2D eigenvalue weighted by Gasteiger charge is 2.15. The molecule has 1 nitrogen and oxygen atoms in total. The van der Waals surface area contributed by atoms with Crippen LogP contribution in [0.4, 0.5) is 0 Å². The van der Waals surface area contributed by atoms with Gasteiger partial charge in [-0.3, -0.25) is 4.98 Å². The SMILES string of the molecule is CCC(Cc1cccnc1C)c1ccc(Cl)cc1Cl. The Morgan fingerprint density at radius 1 is 1.21 bits per heavy atom.